The van der Waals surface area contributed by atoms with Crippen molar-refractivity contribution in [2.75, 3.05) is 26.2 Å². The predicted molar refractivity (Wildman–Crippen MR) is 172 cm³/mol. The van der Waals surface area contributed by atoms with Crippen LogP contribution >= 0.6 is 0 Å². The number of hydrogen-bond acceptors (Lipinski definition) is 10. The fraction of sp³-hybridized carbons (Fsp3) is 0.625. The van der Waals surface area contributed by atoms with Crippen LogP contribution in [0.15, 0.2) is 24.3 Å². The van der Waals surface area contributed by atoms with Crippen LogP contribution < -0.4 is 8.37 Å². The van der Waals surface area contributed by atoms with Crippen LogP contribution in [-0.2, 0) is 46.5 Å². The third kappa shape index (κ3) is 8.08. The molecule has 4 aliphatic rings. The van der Waals surface area contributed by atoms with E-state index in [-0.39, 0.29) is 23.0 Å². The van der Waals surface area contributed by atoms with Crippen molar-refractivity contribution in [1.82, 2.24) is 9.80 Å². The molecule has 0 bridgehead atoms. The third-order valence-corrected chi connectivity index (χ3v) is 10.7. The molecule has 0 unspecified atom stereocenters. The van der Waals surface area contributed by atoms with Crippen LogP contribution in [-0.4, -0.2) is 84.2 Å². The second-order valence-electron chi connectivity index (χ2n) is 13.0. The van der Waals surface area contributed by atoms with Crippen molar-refractivity contribution in [3.8, 4) is 23.0 Å². The van der Waals surface area contributed by atoms with E-state index in [4.69, 9.17) is 9.11 Å². The lowest BCUT2D eigenvalue weighted by molar-refractivity contribution is 0.0848. The SMILES string of the molecule is CCCN1CCC[C@@H]2Cc3c(ccc(O)c3OS(=O)(=O)O)C[C@H]21.CCCN1CCC[C@@H]2Cc3c(ccc(OS(=O)(=O)O)c3O)C[C@H]21. The van der Waals surface area contributed by atoms with Gasteiger partial charge in [-0.05, 0) is 125 Å². The maximum atomic E-state index is 11.1. The van der Waals surface area contributed by atoms with E-state index in [2.05, 4.69) is 32.0 Å². The average Bonchev–Trinajstić information content (AvgIpc) is 2.99. The van der Waals surface area contributed by atoms with Crippen molar-refractivity contribution in [3.05, 3.63) is 46.5 Å². The van der Waals surface area contributed by atoms with Crippen molar-refractivity contribution in [1.29, 1.82) is 0 Å². The van der Waals surface area contributed by atoms with Gasteiger partial charge in [-0.15, -0.1) is 0 Å². The van der Waals surface area contributed by atoms with Crippen LogP contribution in [0.1, 0.15) is 74.6 Å². The maximum Gasteiger partial charge on any atom is 0.446 e. The molecule has 4 N–H and O–H groups in total. The summed E-state index contributed by atoms with van der Waals surface area (Å²) >= 11 is 0. The van der Waals surface area contributed by atoms with Gasteiger partial charge in [0.2, 0.25) is 0 Å². The molecule has 256 valence electrons. The lowest BCUT2D eigenvalue weighted by Crippen LogP contribution is -2.49. The van der Waals surface area contributed by atoms with Crippen molar-refractivity contribution >= 4 is 20.8 Å². The first-order valence-electron chi connectivity index (χ1n) is 16.3. The van der Waals surface area contributed by atoms with E-state index in [9.17, 15) is 27.0 Å². The van der Waals surface area contributed by atoms with E-state index < -0.39 is 20.8 Å². The average molecular weight is 683 g/mol. The van der Waals surface area contributed by atoms with Crippen molar-refractivity contribution < 1.29 is 44.5 Å². The normalized spacial score (nSPS) is 24.8. The van der Waals surface area contributed by atoms with Gasteiger partial charge in [0.05, 0.1) is 0 Å². The van der Waals surface area contributed by atoms with Crippen LogP contribution in [0.3, 0.4) is 0 Å². The molecular formula is C32H46N2O10S2. The lowest BCUT2D eigenvalue weighted by atomic mass is 9.75. The van der Waals surface area contributed by atoms with E-state index >= 15 is 0 Å². The molecule has 14 heteroatoms. The van der Waals surface area contributed by atoms with Gasteiger partial charge < -0.3 is 18.6 Å². The molecule has 0 aromatic heterocycles. The first kappa shape index (κ1) is 34.7. The van der Waals surface area contributed by atoms with E-state index in [0.717, 1.165) is 94.2 Å². The number of piperidine rings is 2. The summed E-state index contributed by atoms with van der Waals surface area (Å²) in [5.41, 5.74) is 3.49. The summed E-state index contributed by atoms with van der Waals surface area (Å²) in [5, 5.41) is 20.3. The Morgan fingerprint density at radius 1 is 0.717 bits per heavy atom. The molecule has 2 aliphatic carbocycles. The standard InChI is InChI=1S/2C16H23NO5S/c1-2-7-17-8-3-4-12-9-13-11(10-14(12)17)5-6-15(16(13)18)22-23(19,20)21;1-2-7-17-8-3-4-12-9-13-11(10-14(12)17)5-6-15(18)16(13)22-23(19,20)21/h2*5-6,12,14,18H,2-4,7-10H2,1H3,(H,19,20,21)/t2*12-,14-/m11/s1. The van der Waals surface area contributed by atoms with Gasteiger partial charge in [-0.25, -0.2) is 0 Å². The van der Waals surface area contributed by atoms with Gasteiger partial charge in [0.15, 0.2) is 23.0 Å². The lowest BCUT2D eigenvalue weighted by Gasteiger charge is -2.44. The van der Waals surface area contributed by atoms with Crippen molar-refractivity contribution in [2.45, 2.75) is 90.1 Å². The fourth-order valence-electron chi connectivity index (χ4n) is 8.12. The molecule has 4 atom stereocenters. The number of fused-ring (bicyclic) bond motifs is 4. The molecule has 2 aromatic rings. The number of phenols is 2. The minimum Gasteiger partial charge on any atom is -0.504 e. The molecular weight excluding hydrogens is 636 g/mol. The Morgan fingerprint density at radius 3 is 1.74 bits per heavy atom. The van der Waals surface area contributed by atoms with Crippen LogP contribution in [0.5, 0.6) is 23.0 Å². The summed E-state index contributed by atoms with van der Waals surface area (Å²) in [4.78, 5) is 5.06. The van der Waals surface area contributed by atoms with Crippen LogP contribution in [0.4, 0.5) is 0 Å². The Labute approximate surface area is 272 Å². The topological polar surface area (TPSA) is 174 Å². The maximum absolute atomic E-state index is 11.1. The monoisotopic (exact) mass is 682 g/mol. The van der Waals surface area contributed by atoms with Gasteiger partial charge in [-0.3, -0.25) is 18.9 Å². The number of hydrogen-bond donors (Lipinski definition) is 4. The molecule has 0 radical (unpaired) electrons. The zero-order valence-electron chi connectivity index (χ0n) is 26.5. The van der Waals surface area contributed by atoms with Crippen molar-refractivity contribution in [3.63, 3.8) is 0 Å². The molecule has 46 heavy (non-hydrogen) atoms. The molecule has 0 spiro atoms. The summed E-state index contributed by atoms with van der Waals surface area (Å²) in [6.45, 7) is 8.76. The Bertz CT molecular complexity index is 1610. The molecule has 0 amide bonds. The van der Waals surface area contributed by atoms with Crippen molar-refractivity contribution in [2.24, 2.45) is 11.8 Å². The van der Waals surface area contributed by atoms with Crippen LogP contribution in [0.25, 0.3) is 0 Å². The molecule has 2 fully saturated rings. The second-order valence-corrected chi connectivity index (χ2v) is 15.0. The number of nitrogens with zero attached hydrogens (tertiary/aromatic N) is 2. The Morgan fingerprint density at radius 2 is 1.22 bits per heavy atom. The van der Waals surface area contributed by atoms with Gasteiger partial charge in [0.1, 0.15) is 0 Å². The van der Waals surface area contributed by atoms with E-state index in [1.807, 2.05) is 6.07 Å². The summed E-state index contributed by atoms with van der Waals surface area (Å²) in [6.07, 6.45) is 9.79. The molecule has 2 heterocycles. The molecule has 2 aromatic carbocycles. The zero-order valence-corrected chi connectivity index (χ0v) is 28.1. The van der Waals surface area contributed by atoms with E-state index in [1.54, 1.807) is 6.07 Å². The van der Waals surface area contributed by atoms with Gasteiger partial charge in [-0.2, -0.15) is 16.8 Å². The summed E-state index contributed by atoms with van der Waals surface area (Å²) in [6, 6.07) is 7.42. The summed E-state index contributed by atoms with van der Waals surface area (Å²) in [7, 11) is -9.29. The highest BCUT2D eigenvalue weighted by atomic mass is 32.3. The van der Waals surface area contributed by atoms with Crippen LogP contribution in [0, 0.1) is 11.8 Å². The number of rotatable bonds is 8. The minimum absolute atomic E-state index is 0.115. The number of aromatic hydroxyl groups is 2. The fourth-order valence-corrected chi connectivity index (χ4v) is 8.88. The minimum atomic E-state index is -4.65. The van der Waals surface area contributed by atoms with E-state index in [0.29, 0.717) is 42.3 Å². The zero-order chi connectivity index (χ0) is 33.2. The Balaban J connectivity index is 0.000000181. The first-order chi connectivity index (χ1) is 21.8. The quantitative estimate of drug-likeness (QED) is 0.291. The van der Waals surface area contributed by atoms with Crippen LogP contribution in [0.2, 0.25) is 0 Å². The Kier molecular flexibility index (Phi) is 10.7. The highest BCUT2D eigenvalue weighted by Crippen LogP contribution is 2.44. The molecule has 6 rings (SSSR count). The van der Waals surface area contributed by atoms with Gasteiger partial charge in [0.25, 0.3) is 0 Å². The number of phenolic OH excluding ortho intramolecular Hbond substituents is 2. The third-order valence-electron chi connectivity index (χ3n) is 9.94. The second kappa shape index (κ2) is 14.2. The smallest absolute Gasteiger partial charge is 0.446 e. The van der Waals surface area contributed by atoms with Gasteiger partial charge in [0, 0.05) is 23.2 Å². The first-order valence-corrected chi connectivity index (χ1v) is 19.0. The van der Waals surface area contributed by atoms with Gasteiger partial charge in [-0.1, -0.05) is 26.0 Å². The van der Waals surface area contributed by atoms with E-state index in [1.165, 1.54) is 12.1 Å². The van der Waals surface area contributed by atoms with Gasteiger partial charge >= 0.3 is 20.8 Å². The highest BCUT2D eigenvalue weighted by molar-refractivity contribution is 7.81. The largest absolute Gasteiger partial charge is 0.504 e. The number of likely N-dealkylation sites (tertiary alicyclic amines) is 2. The highest BCUT2D eigenvalue weighted by Gasteiger charge is 2.38. The molecule has 12 nitrogen and oxygen atoms in total. The summed E-state index contributed by atoms with van der Waals surface area (Å²) in [5.74, 6) is 0.164. The predicted octanol–water partition coefficient (Wildman–Crippen LogP) is 4.33. The summed E-state index contributed by atoms with van der Waals surface area (Å²) < 4.78 is 70.8. The Hall–Kier alpha value is -2.62. The molecule has 0 saturated carbocycles. The number of benzene rings is 2. The molecule has 2 aliphatic heterocycles. The molecule has 2 saturated heterocycles.